The Hall–Kier alpha value is -2.57. The Bertz CT molecular complexity index is 1080. The van der Waals surface area contributed by atoms with Crippen LogP contribution < -0.4 is 10.1 Å². The maximum Gasteiger partial charge on any atom is 0.251 e. The Morgan fingerprint density at radius 3 is 2.59 bits per heavy atom. The molecular formula is C27H31ClN2O4. The average molecular weight is 483 g/mol. The molecule has 0 unspecified atom stereocenters. The number of piperidine rings is 1. The summed E-state index contributed by atoms with van der Waals surface area (Å²) in [7, 11) is 0. The predicted molar refractivity (Wildman–Crippen MR) is 130 cm³/mol. The molecule has 2 fully saturated rings. The monoisotopic (exact) mass is 482 g/mol. The van der Waals surface area contributed by atoms with Crippen LogP contribution in [-0.4, -0.2) is 48.6 Å². The van der Waals surface area contributed by atoms with Gasteiger partial charge in [-0.25, -0.2) is 0 Å². The van der Waals surface area contributed by atoms with Crippen LogP contribution in [0.2, 0.25) is 5.02 Å². The standard InChI is InChI=1S/C27H31ClN2O4/c1-26(2)21-15-27(17-33-24(21)20-14-19(28)8-9-22(20)34-26)10-12-30(13-11-27)23(31)16-29-25(32)18-6-4-3-5-7-18/h3-9,14,21,24H,10-13,15-17H2,1-2H3,(H,29,32)/t21-,24+/m0/s1. The van der Waals surface area contributed by atoms with Crippen molar-refractivity contribution < 1.29 is 19.1 Å². The van der Waals surface area contributed by atoms with Crippen LogP contribution in [-0.2, 0) is 9.53 Å². The molecule has 1 spiro atoms. The number of halogens is 1. The first kappa shape index (κ1) is 23.2. The maximum absolute atomic E-state index is 12.8. The van der Waals surface area contributed by atoms with E-state index in [0.29, 0.717) is 30.3 Å². The number of carbonyl (C=O) groups is 2. The van der Waals surface area contributed by atoms with E-state index in [1.165, 1.54) is 0 Å². The highest BCUT2D eigenvalue weighted by atomic mass is 35.5. The van der Waals surface area contributed by atoms with Crippen molar-refractivity contribution in [2.75, 3.05) is 26.2 Å². The van der Waals surface area contributed by atoms with Crippen molar-refractivity contribution in [2.24, 2.45) is 11.3 Å². The normalized spacial score (nSPS) is 24.5. The molecule has 2 aromatic rings. The number of carbonyl (C=O) groups excluding carboxylic acids is 2. The number of hydrogen-bond acceptors (Lipinski definition) is 4. The zero-order chi connectivity index (χ0) is 23.9. The van der Waals surface area contributed by atoms with Gasteiger partial charge in [0.25, 0.3) is 5.91 Å². The molecule has 2 atom stereocenters. The van der Waals surface area contributed by atoms with Gasteiger partial charge in [-0.1, -0.05) is 29.8 Å². The Kier molecular flexibility index (Phi) is 6.07. The second-order valence-corrected chi connectivity index (χ2v) is 10.8. The first-order chi connectivity index (χ1) is 16.3. The van der Waals surface area contributed by atoms with Crippen LogP contribution >= 0.6 is 11.6 Å². The Labute approximate surface area is 205 Å². The quantitative estimate of drug-likeness (QED) is 0.692. The van der Waals surface area contributed by atoms with Crippen molar-refractivity contribution in [1.29, 1.82) is 0 Å². The van der Waals surface area contributed by atoms with Crippen LogP contribution in [0, 0.1) is 11.3 Å². The zero-order valence-corrected chi connectivity index (χ0v) is 20.4. The minimum atomic E-state index is -0.354. The second-order valence-electron chi connectivity index (χ2n) is 10.4. The van der Waals surface area contributed by atoms with E-state index < -0.39 is 0 Å². The lowest BCUT2D eigenvalue weighted by molar-refractivity contribution is -0.176. The van der Waals surface area contributed by atoms with Crippen LogP contribution in [0.1, 0.15) is 55.1 Å². The summed E-state index contributed by atoms with van der Waals surface area (Å²) in [5.41, 5.74) is 1.27. The van der Waals surface area contributed by atoms with Crippen molar-refractivity contribution in [3.05, 3.63) is 64.7 Å². The fraction of sp³-hybridized carbons (Fsp3) is 0.481. The minimum absolute atomic E-state index is 0.0142. The number of rotatable bonds is 3. The zero-order valence-electron chi connectivity index (χ0n) is 19.7. The van der Waals surface area contributed by atoms with E-state index in [4.69, 9.17) is 21.1 Å². The Balaban J connectivity index is 1.20. The third-order valence-electron chi connectivity index (χ3n) is 7.74. The average Bonchev–Trinajstić information content (AvgIpc) is 2.84. The number of nitrogens with zero attached hydrogens (tertiary/aromatic N) is 1. The lowest BCUT2D eigenvalue weighted by atomic mass is 9.64. The summed E-state index contributed by atoms with van der Waals surface area (Å²) in [6.07, 6.45) is 2.72. The number of hydrogen-bond donors (Lipinski definition) is 1. The number of amides is 2. The van der Waals surface area contributed by atoms with E-state index >= 15 is 0 Å². The smallest absolute Gasteiger partial charge is 0.251 e. The molecule has 0 bridgehead atoms. The molecule has 0 saturated carbocycles. The second kappa shape index (κ2) is 8.90. The van der Waals surface area contributed by atoms with Crippen molar-refractivity contribution in [1.82, 2.24) is 10.2 Å². The lowest BCUT2D eigenvalue weighted by Gasteiger charge is -2.54. The van der Waals surface area contributed by atoms with Gasteiger partial charge in [-0.15, -0.1) is 0 Å². The number of ether oxygens (including phenoxy) is 2. The molecule has 180 valence electrons. The summed E-state index contributed by atoms with van der Waals surface area (Å²) in [6, 6.07) is 14.7. The van der Waals surface area contributed by atoms with Crippen molar-refractivity contribution in [3.8, 4) is 5.75 Å². The van der Waals surface area contributed by atoms with Crippen LogP contribution in [0.3, 0.4) is 0 Å². The number of fused-ring (bicyclic) bond motifs is 3. The number of nitrogens with one attached hydrogen (secondary N) is 1. The molecule has 3 aliphatic heterocycles. The fourth-order valence-electron chi connectivity index (χ4n) is 5.66. The van der Waals surface area contributed by atoms with Gasteiger partial charge in [-0.05, 0) is 68.9 Å². The van der Waals surface area contributed by atoms with Gasteiger partial charge < -0.3 is 19.7 Å². The van der Waals surface area contributed by atoms with E-state index in [1.807, 2.05) is 41.3 Å². The maximum atomic E-state index is 12.8. The molecule has 2 amide bonds. The molecule has 3 heterocycles. The van der Waals surface area contributed by atoms with Gasteiger partial charge in [-0.2, -0.15) is 0 Å². The topological polar surface area (TPSA) is 67.9 Å². The summed E-state index contributed by atoms with van der Waals surface area (Å²) in [4.78, 5) is 26.9. The number of likely N-dealkylation sites (tertiary alicyclic amines) is 1. The predicted octanol–water partition coefficient (Wildman–Crippen LogP) is 4.63. The number of benzene rings is 2. The molecule has 3 aliphatic rings. The van der Waals surface area contributed by atoms with Gasteiger partial charge in [0.05, 0.1) is 19.3 Å². The minimum Gasteiger partial charge on any atom is -0.487 e. The van der Waals surface area contributed by atoms with Gasteiger partial charge in [0.15, 0.2) is 0 Å². The van der Waals surface area contributed by atoms with Crippen LogP contribution in [0.15, 0.2) is 48.5 Å². The molecule has 1 N–H and O–H groups in total. The van der Waals surface area contributed by atoms with E-state index in [0.717, 1.165) is 30.6 Å². The van der Waals surface area contributed by atoms with Crippen molar-refractivity contribution >= 4 is 23.4 Å². The van der Waals surface area contributed by atoms with E-state index in [9.17, 15) is 9.59 Å². The molecule has 7 heteroatoms. The van der Waals surface area contributed by atoms with Crippen LogP contribution in [0.25, 0.3) is 0 Å². The van der Waals surface area contributed by atoms with E-state index in [2.05, 4.69) is 19.2 Å². The molecule has 2 saturated heterocycles. The highest BCUT2D eigenvalue weighted by Gasteiger charge is 2.52. The first-order valence-electron chi connectivity index (χ1n) is 12.0. The van der Waals surface area contributed by atoms with Crippen LogP contribution in [0.4, 0.5) is 0 Å². The first-order valence-corrected chi connectivity index (χ1v) is 12.4. The van der Waals surface area contributed by atoms with E-state index in [-0.39, 0.29) is 41.4 Å². The molecule has 6 nitrogen and oxygen atoms in total. The van der Waals surface area contributed by atoms with Gasteiger partial charge >= 0.3 is 0 Å². The summed E-state index contributed by atoms with van der Waals surface area (Å²) in [5, 5.41) is 3.44. The van der Waals surface area contributed by atoms with Crippen molar-refractivity contribution in [2.45, 2.75) is 44.8 Å². The molecule has 0 aliphatic carbocycles. The molecule has 0 radical (unpaired) electrons. The molecule has 0 aromatic heterocycles. The fourth-order valence-corrected chi connectivity index (χ4v) is 5.84. The van der Waals surface area contributed by atoms with Crippen molar-refractivity contribution in [3.63, 3.8) is 0 Å². The van der Waals surface area contributed by atoms with Gasteiger partial charge in [0.1, 0.15) is 11.4 Å². The molecule has 5 rings (SSSR count). The summed E-state index contributed by atoms with van der Waals surface area (Å²) < 4.78 is 12.9. The third-order valence-corrected chi connectivity index (χ3v) is 7.98. The van der Waals surface area contributed by atoms with Gasteiger partial charge in [0.2, 0.25) is 5.91 Å². The summed E-state index contributed by atoms with van der Waals surface area (Å²) >= 11 is 6.27. The van der Waals surface area contributed by atoms with Gasteiger partial charge in [0, 0.05) is 35.2 Å². The summed E-state index contributed by atoms with van der Waals surface area (Å²) in [5.74, 6) is 0.789. The van der Waals surface area contributed by atoms with Crippen LogP contribution in [0.5, 0.6) is 5.75 Å². The van der Waals surface area contributed by atoms with E-state index in [1.54, 1.807) is 12.1 Å². The Morgan fingerprint density at radius 1 is 1.12 bits per heavy atom. The lowest BCUT2D eigenvalue weighted by Crippen LogP contribution is -2.55. The molecule has 34 heavy (non-hydrogen) atoms. The SMILES string of the molecule is CC1(C)Oc2ccc(Cl)cc2[C@H]2OCC3(CCN(C(=O)CNC(=O)c4ccccc4)CC3)C[C@@H]21. The Morgan fingerprint density at radius 2 is 1.85 bits per heavy atom. The summed E-state index contributed by atoms with van der Waals surface area (Å²) in [6.45, 7) is 6.30. The van der Waals surface area contributed by atoms with Gasteiger partial charge in [-0.3, -0.25) is 9.59 Å². The molecule has 2 aromatic carbocycles. The molecular weight excluding hydrogens is 452 g/mol. The largest absolute Gasteiger partial charge is 0.487 e. The highest BCUT2D eigenvalue weighted by molar-refractivity contribution is 6.30. The third kappa shape index (κ3) is 4.41. The highest BCUT2D eigenvalue weighted by Crippen LogP contribution is 2.55.